The average Bonchev–Trinajstić information content (AvgIpc) is 3.72. The largest absolute Gasteiger partial charge is 0.449 e. The lowest BCUT2D eigenvalue weighted by atomic mass is 9.43. The lowest BCUT2D eigenvalue weighted by Crippen LogP contribution is -2.61. The number of para-hydroxylation sites is 2. The fourth-order valence-electron chi connectivity index (χ4n) is 10.5. The van der Waals surface area contributed by atoms with Crippen LogP contribution in [0.5, 0.6) is 23.0 Å². The van der Waals surface area contributed by atoms with E-state index in [1.807, 2.05) is 35.6 Å². The van der Waals surface area contributed by atoms with Gasteiger partial charge in [0.05, 0.1) is 10.7 Å². The van der Waals surface area contributed by atoms with Gasteiger partial charge in [0, 0.05) is 39.0 Å². The summed E-state index contributed by atoms with van der Waals surface area (Å²) in [5.74, 6) is 2.86. The molecule has 0 fully saturated rings. The first-order valence-corrected chi connectivity index (χ1v) is 23.6. The van der Waals surface area contributed by atoms with Gasteiger partial charge in [0.1, 0.15) is 0 Å². The van der Waals surface area contributed by atoms with E-state index < -0.39 is 0 Å². The second kappa shape index (κ2) is 15.0. The van der Waals surface area contributed by atoms with Crippen molar-refractivity contribution in [2.75, 3.05) is 9.71 Å². The van der Waals surface area contributed by atoms with Crippen LogP contribution in [0.3, 0.4) is 0 Å². The van der Waals surface area contributed by atoms with Gasteiger partial charge in [-0.3, -0.25) is 0 Å². The van der Waals surface area contributed by atoms with E-state index in [-0.39, 0.29) is 6.85 Å². The zero-order valence-corrected chi connectivity index (χ0v) is 37.0. The zero-order chi connectivity index (χ0) is 43.2. The summed E-state index contributed by atoms with van der Waals surface area (Å²) >= 11 is 1.91. The Hall–Kier alpha value is -7.54. The quantitative estimate of drug-likeness (QED) is 0.149. The molecule has 0 spiro atoms. The van der Waals surface area contributed by atoms with Crippen LogP contribution in [-0.4, -0.2) is 6.85 Å². The van der Waals surface area contributed by atoms with E-state index in [2.05, 4.69) is 187 Å². The van der Waals surface area contributed by atoms with E-state index in [9.17, 15) is 0 Å². The molecule has 0 radical (unpaired) electrons. The molecular formula is C59H43BN2O2S. The fraction of sp³-hybridized carbons (Fsp3) is 0.0847. The van der Waals surface area contributed by atoms with Crippen molar-refractivity contribution in [1.29, 1.82) is 0 Å². The zero-order valence-electron chi connectivity index (χ0n) is 36.2. The Morgan fingerprint density at radius 2 is 1.17 bits per heavy atom. The first-order chi connectivity index (χ1) is 32.1. The lowest BCUT2D eigenvalue weighted by Gasteiger charge is -2.45. The number of aryl methyl sites for hydroxylation is 2. The second-order valence-corrected chi connectivity index (χ2v) is 18.6. The van der Waals surface area contributed by atoms with Crippen molar-refractivity contribution < 1.29 is 9.47 Å². The number of benzene rings is 9. The maximum atomic E-state index is 6.70. The van der Waals surface area contributed by atoms with Gasteiger partial charge >= 0.3 is 6.85 Å². The summed E-state index contributed by atoms with van der Waals surface area (Å²) in [6, 6.07) is 68.8. The summed E-state index contributed by atoms with van der Waals surface area (Å²) in [6.07, 6.45) is 3.36. The third-order valence-electron chi connectivity index (χ3n) is 13.5. The predicted octanol–water partition coefficient (Wildman–Crippen LogP) is 15.6. The van der Waals surface area contributed by atoms with Crippen molar-refractivity contribution in [1.82, 2.24) is 0 Å². The van der Waals surface area contributed by atoms with Gasteiger partial charge in [-0.25, -0.2) is 0 Å². The van der Waals surface area contributed by atoms with Crippen molar-refractivity contribution in [3.05, 3.63) is 199 Å². The number of ether oxygens (including phenoxy) is 2. The van der Waals surface area contributed by atoms with Crippen LogP contribution in [0, 0.1) is 6.92 Å². The molecule has 0 unspecified atom stereocenters. The van der Waals surface area contributed by atoms with Crippen LogP contribution in [0.15, 0.2) is 188 Å². The minimum Gasteiger partial charge on any atom is -0.449 e. The summed E-state index contributed by atoms with van der Waals surface area (Å²) in [6.45, 7) is 4.35. The number of hydrogen-bond donors (Lipinski definition) is 0. The molecule has 0 N–H and O–H groups in total. The topological polar surface area (TPSA) is 24.9 Å². The Morgan fingerprint density at radius 1 is 0.508 bits per heavy atom. The molecule has 6 heteroatoms. The van der Waals surface area contributed by atoms with E-state index in [0.717, 1.165) is 42.0 Å². The molecule has 0 bridgehead atoms. The number of thiophene rings is 1. The van der Waals surface area contributed by atoms with E-state index in [4.69, 9.17) is 9.47 Å². The highest BCUT2D eigenvalue weighted by Crippen LogP contribution is 2.55. The maximum absolute atomic E-state index is 6.70. The summed E-state index contributed by atoms with van der Waals surface area (Å²) in [4.78, 5) is 5.19. The van der Waals surface area contributed by atoms with Crippen LogP contribution in [0.1, 0.15) is 30.9 Å². The van der Waals surface area contributed by atoms with Gasteiger partial charge in [0.2, 0.25) is 0 Å². The summed E-state index contributed by atoms with van der Waals surface area (Å²) in [5.41, 5.74) is 16.9. The van der Waals surface area contributed by atoms with Crippen LogP contribution in [-0.2, 0) is 6.42 Å². The summed E-state index contributed by atoms with van der Waals surface area (Å²) < 4.78 is 14.7. The fourth-order valence-corrected chi connectivity index (χ4v) is 11.8. The number of anilines is 5. The van der Waals surface area contributed by atoms with E-state index in [1.165, 1.54) is 87.1 Å². The number of rotatable bonds is 7. The lowest BCUT2D eigenvalue weighted by molar-refractivity contribution is 0.360. The van der Waals surface area contributed by atoms with Crippen LogP contribution in [0.2, 0.25) is 0 Å². The molecule has 1 aromatic heterocycles. The first-order valence-electron chi connectivity index (χ1n) is 22.7. The molecule has 65 heavy (non-hydrogen) atoms. The van der Waals surface area contributed by atoms with Crippen molar-refractivity contribution >= 4 is 77.7 Å². The van der Waals surface area contributed by atoms with Crippen LogP contribution < -0.4 is 30.1 Å². The third-order valence-corrected chi connectivity index (χ3v) is 14.6. The molecule has 0 atom stereocenters. The normalized spacial score (nSPS) is 13.1. The van der Waals surface area contributed by atoms with Gasteiger partial charge in [0.15, 0.2) is 23.0 Å². The number of nitrogens with zero attached hydrogens (tertiary/aromatic N) is 2. The van der Waals surface area contributed by atoms with Gasteiger partial charge in [-0.15, -0.1) is 11.3 Å². The van der Waals surface area contributed by atoms with Crippen molar-refractivity contribution in [2.45, 2.75) is 33.1 Å². The molecule has 310 valence electrons. The van der Waals surface area contributed by atoms with Gasteiger partial charge in [-0.05, 0) is 141 Å². The molecule has 4 nitrogen and oxygen atoms in total. The van der Waals surface area contributed by atoms with Crippen LogP contribution >= 0.6 is 11.3 Å². The number of hydrogen-bond acceptors (Lipinski definition) is 5. The van der Waals surface area contributed by atoms with E-state index in [0.29, 0.717) is 17.2 Å². The van der Waals surface area contributed by atoms with Gasteiger partial charge in [-0.2, -0.15) is 0 Å². The highest BCUT2D eigenvalue weighted by Gasteiger charge is 2.48. The Labute approximate surface area is 383 Å². The SMILES string of the molecule is CCCCc1ccc(N2c3cc(C)cc4c3B(c3c2sc2cc5ccccc5cc32)N(c2ccc(-c3ccccc3)cc2)c2cc3c(cc2-4)Oc2ccccc2O3)c(-c2ccccc2)c1. The molecule has 9 aromatic carbocycles. The molecule has 0 aliphatic carbocycles. The molecule has 4 heterocycles. The van der Waals surface area contributed by atoms with Gasteiger partial charge in [0.25, 0.3) is 0 Å². The van der Waals surface area contributed by atoms with E-state index >= 15 is 0 Å². The molecule has 10 aromatic rings. The molecule has 3 aliphatic rings. The number of unbranched alkanes of at least 4 members (excludes halogenated alkanes) is 1. The molecule has 0 saturated carbocycles. The summed E-state index contributed by atoms with van der Waals surface area (Å²) in [7, 11) is 0. The highest BCUT2D eigenvalue weighted by atomic mass is 32.1. The molecule has 3 aliphatic heterocycles. The van der Waals surface area contributed by atoms with Gasteiger partial charge < -0.3 is 19.2 Å². The van der Waals surface area contributed by atoms with E-state index in [1.54, 1.807) is 0 Å². The van der Waals surface area contributed by atoms with Gasteiger partial charge in [-0.1, -0.05) is 135 Å². The first kappa shape index (κ1) is 38.0. The van der Waals surface area contributed by atoms with Crippen molar-refractivity contribution in [3.63, 3.8) is 0 Å². The number of fused-ring (bicyclic) bond motifs is 9. The Morgan fingerprint density at radius 3 is 1.91 bits per heavy atom. The Kier molecular flexibility index (Phi) is 8.79. The second-order valence-electron chi connectivity index (χ2n) is 17.6. The standard InChI is InChI=1S/C59H43BN2O2S/c1-3-4-15-38-24-29-49(45(32-38)41-18-9-6-10-19-41)61-51-31-37(2)30-47-46-35-54-55(64-53-23-14-13-22-52(53)63-54)36-50(46)62(44-27-25-40(26-28-44)39-16-7-5-8-17-39)60(57(47)51)58-48-33-42-20-11-12-21-43(42)34-56(48)65-59(58)61/h5-14,16-36H,3-4,15H2,1-2H3. The highest BCUT2D eigenvalue weighted by molar-refractivity contribution is 7.26. The predicted molar refractivity (Wildman–Crippen MR) is 274 cm³/mol. The Balaban J connectivity index is 1.12. The molecule has 13 rings (SSSR count). The van der Waals surface area contributed by atoms with Crippen molar-refractivity contribution in [2.24, 2.45) is 0 Å². The minimum absolute atomic E-state index is 0.171. The monoisotopic (exact) mass is 854 g/mol. The van der Waals surface area contributed by atoms with Crippen LogP contribution in [0.25, 0.3) is 54.2 Å². The van der Waals surface area contributed by atoms with Crippen molar-refractivity contribution in [3.8, 4) is 56.4 Å². The Bertz CT molecular complexity index is 3510. The summed E-state index contributed by atoms with van der Waals surface area (Å²) in [5, 5.41) is 5.00. The maximum Gasteiger partial charge on any atom is 0.334 e. The third kappa shape index (κ3) is 6.12. The minimum atomic E-state index is -0.171. The smallest absolute Gasteiger partial charge is 0.334 e. The van der Waals surface area contributed by atoms with Crippen LogP contribution in [0.4, 0.5) is 27.8 Å². The average molecular weight is 855 g/mol. The molecule has 0 saturated heterocycles. The molecular weight excluding hydrogens is 812 g/mol. The molecule has 0 amide bonds.